The summed E-state index contributed by atoms with van der Waals surface area (Å²) in [5.41, 5.74) is 6.87. The van der Waals surface area contributed by atoms with Gasteiger partial charge in [0.05, 0.1) is 0 Å². The molecule has 6 nitrogen and oxygen atoms in total. The van der Waals surface area contributed by atoms with Crippen molar-refractivity contribution in [2.24, 2.45) is 22.6 Å². The first-order valence-corrected chi connectivity index (χ1v) is 12.1. The molecule has 6 heteroatoms. The van der Waals surface area contributed by atoms with Crippen LogP contribution in [-0.4, -0.2) is 68.0 Å². The zero-order valence-corrected chi connectivity index (χ0v) is 19.3. The predicted octanol–water partition coefficient (Wildman–Crippen LogP) is 2.88. The molecule has 1 atom stereocenters. The fourth-order valence-corrected chi connectivity index (χ4v) is 5.06. The van der Waals surface area contributed by atoms with Crippen molar-refractivity contribution in [1.82, 2.24) is 15.1 Å². The third-order valence-electron chi connectivity index (χ3n) is 6.78. The number of aliphatic imine (C=N–C) groups is 1. The average Bonchev–Trinajstić information content (AvgIpc) is 2.78. The van der Waals surface area contributed by atoms with Crippen LogP contribution in [0.1, 0.15) is 50.5 Å². The van der Waals surface area contributed by atoms with Crippen LogP contribution >= 0.6 is 0 Å². The molecule has 0 bridgehead atoms. The Kier molecular flexibility index (Phi) is 9.66. The molecule has 2 heterocycles. The molecule has 2 fully saturated rings. The van der Waals surface area contributed by atoms with Gasteiger partial charge in [0.15, 0.2) is 5.96 Å². The highest BCUT2D eigenvalue weighted by atomic mass is 16.1. The Morgan fingerprint density at radius 2 is 1.87 bits per heavy atom. The van der Waals surface area contributed by atoms with E-state index in [1.165, 1.54) is 50.9 Å². The van der Waals surface area contributed by atoms with Crippen molar-refractivity contribution < 1.29 is 4.79 Å². The molecule has 1 aromatic rings. The highest BCUT2D eigenvalue weighted by Crippen LogP contribution is 2.22. The van der Waals surface area contributed by atoms with Crippen molar-refractivity contribution >= 4 is 11.9 Å². The molecule has 3 rings (SSSR count). The van der Waals surface area contributed by atoms with Gasteiger partial charge in [-0.15, -0.1) is 0 Å². The zero-order chi connectivity index (χ0) is 21.9. The number of unbranched alkanes of at least 4 members (excludes halogenated alkanes) is 1. The summed E-state index contributed by atoms with van der Waals surface area (Å²) in [6.07, 6.45) is 8.91. The Hall–Kier alpha value is -2.08. The van der Waals surface area contributed by atoms with E-state index >= 15 is 0 Å². The topological polar surface area (TPSA) is 74.0 Å². The molecular formula is C25H41N5O. The molecule has 3 N–H and O–H groups in total. The monoisotopic (exact) mass is 427 g/mol. The van der Waals surface area contributed by atoms with Crippen LogP contribution in [0.4, 0.5) is 0 Å². The van der Waals surface area contributed by atoms with Gasteiger partial charge in [0.1, 0.15) is 0 Å². The molecular weight excluding hydrogens is 386 g/mol. The molecule has 1 aromatic carbocycles. The number of nitrogens with zero attached hydrogens (tertiary/aromatic N) is 3. The van der Waals surface area contributed by atoms with Gasteiger partial charge in [-0.1, -0.05) is 30.3 Å². The third kappa shape index (κ3) is 8.17. The second kappa shape index (κ2) is 12.7. The molecule has 31 heavy (non-hydrogen) atoms. The second-order valence-corrected chi connectivity index (χ2v) is 9.28. The molecule has 0 saturated carbocycles. The van der Waals surface area contributed by atoms with E-state index in [1.807, 2.05) is 7.05 Å². The number of carbonyl (C=O) groups excluding carboxylic acids is 1. The van der Waals surface area contributed by atoms with Gasteiger partial charge in [-0.3, -0.25) is 9.79 Å². The molecule has 0 spiro atoms. The number of benzene rings is 1. The van der Waals surface area contributed by atoms with E-state index in [2.05, 4.69) is 50.4 Å². The van der Waals surface area contributed by atoms with Crippen molar-refractivity contribution in [3.05, 3.63) is 35.9 Å². The molecule has 172 valence electrons. The lowest BCUT2D eigenvalue weighted by Gasteiger charge is -2.34. The number of nitrogens with one attached hydrogen (secondary N) is 1. The molecule has 2 aliphatic heterocycles. The van der Waals surface area contributed by atoms with Gasteiger partial charge in [-0.25, -0.2) is 0 Å². The van der Waals surface area contributed by atoms with Crippen molar-refractivity contribution in [2.45, 2.75) is 51.4 Å². The minimum atomic E-state index is -0.195. The molecule has 1 unspecified atom stereocenters. The predicted molar refractivity (Wildman–Crippen MR) is 128 cm³/mol. The summed E-state index contributed by atoms with van der Waals surface area (Å²) in [5.74, 6) is 1.97. The van der Waals surface area contributed by atoms with Crippen LogP contribution < -0.4 is 11.1 Å². The number of amides is 1. The lowest BCUT2D eigenvalue weighted by Crippen LogP contribution is -2.47. The maximum absolute atomic E-state index is 11.2. The van der Waals surface area contributed by atoms with Crippen LogP contribution in [0.5, 0.6) is 0 Å². The third-order valence-corrected chi connectivity index (χ3v) is 6.78. The van der Waals surface area contributed by atoms with Crippen molar-refractivity contribution in [3.8, 4) is 0 Å². The summed E-state index contributed by atoms with van der Waals surface area (Å²) in [4.78, 5) is 20.6. The number of carbonyl (C=O) groups is 1. The van der Waals surface area contributed by atoms with Crippen LogP contribution in [0.25, 0.3) is 0 Å². The van der Waals surface area contributed by atoms with Gasteiger partial charge in [-0.2, -0.15) is 0 Å². The van der Waals surface area contributed by atoms with E-state index in [0.29, 0.717) is 12.3 Å². The van der Waals surface area contributed by atoms with Gasteiger partial charge in [0, 0.05) is 33.1 Å². The minimum absolute atomic E-state index is 0.195. The number of likely N-dealkylation sites (tertiary alicyclic amines) is 2. The number of hydrogen-bond donors (Lipinski definition) is 2. The first-order valence-electron chi connectivity index (χ1n) is 12.1. The number of piperidine rings is 2. The molecule has 0 aromatic heterocycles. The normalized spacial score (nSPS) is 21.3. The fourth-order valence-electron chi connectivity index (χ4n) is 5.06. The summed E-state index contributed by atoms with van der Waals surface area (Å²) < 4.78 is 0. The zero-order valence-electron chi connectivity index (χ0n) is 19.3. The van der Waals surface area contributed by atoms with E-state index in [1.54, 1.807) is 0 Å². The van der Waals surface area contributed by atoms with Crippen molar-refractivity contribution in [2.75, 3.05) is 46.3 Å². The van der Waals surface area contributed by atoms with Gasteiger partial charge in [-0.05, 0) is 82.0 Å². The number of guanidine groups is 1. The van der Waals surface area contributed by atoms with E-state index in [0.717, 1.165) is 50.8 Å². The summed E-state index contributed by atoms with van der Waals surface area (Å²) in [6.45, 7) is 6.51. The minimum Gasteiger partial charge on any atom is -0.370 e. The molecule has 0 aliphatic carbocycles. The SMILES string of the molecule is CN=C(NCCCCN1CCC(Cc2ccccc2)CC1)N1CCCC(CC(N)=O)C1. The fraction of sp³-hybridized carbons (Fsp3) is 0.680. The highest BCUT2D eigenvalue weighted by molar-refractivity contribution is 5.80. The summed E-state index contributed by atoms with van der Waals surface area (Å²) in [5, 5.41) is 3.53. The largest absolute Gasteiger partial charge is 0.370 e. The van der Waals surface area contributed by atoms with Gasteiger partial charge in [0.25, 0.3) is 0 Å². The Morgan fingerprint density at radius 3 is 2.58 bits per heavy atom. The van der Waals surface area contributed by atoms with Crippen molar-refractivity contribution in [1.29, 1.82) is 0 Å². The van der Waals surface area contributed by atoms with Crippen LogP contribution in [0.2, 0.25) is 0 Å². The van der Waals surface area contributed by atoms with Crippen LogP contribution in [0, 0.1) is 11.8 Å². The maximum atomic E-state index is 11.2. The first-order chi connectivity index (χ1) is 15.1. The maximum Gasteiger partial charge on any atom is 0.217 e. The molecule has 1 amide bonds. The van der Waals surface area contributed by atoms with Gasteiger partial charge < -0.3 is 20.9 Å². The lowest BCUT2D eigenvalue weighted by atomic mass is 9.90. The second-order valence-electron chi connectivity index (χ2n) is 9.28. The Bertz CT molecular complexity index is 684. The Labute approximate surface area is 188 Å². The molecule has 2 saturated heterocycles. The number of nitrogens with two attached hydrogens (primary N) is 1. The van der Waals surface area contributed by atoms with Crippen molar-refractivity contribution in [3.63, 3.8) is 0 Å². The average molecular weight is 428 g/mol. The lowest BCUT2D eigenvalue weighted by molar-refractivity contribution is -0.119. The summed E-state index contributed by atoms with van der Waals surface area (Å²) in [6, 6.07) is 10.9. The van der Waals surface area contributed by atoms with Gasteiger partial charge >= 0.3 is 0 Å². The molecule has 0 radical (unpaired) electrons. The first kappa shape index (κ1) is 23.6. The van der Waals surface area contributed by atoms with E-state index in [-0.39, 0.29) is 5.91 Å². The van der Waals surface area contributed by atoms with E-state index in [9.17, 15) is 4.79 Å². The number of primary amides is 1. The number of hydrogen-bond acceptors (Lipinski definition) is 3. The highest BCUT2D eigenvalue weighted by Gasteiger charge is 2.23. The Balaban J connectivity index is 1.27. The van der Waals surface area contributed by atoms with Crippen LogP contribution in [0.3, 0.4) is 0 Å². The summed E-state index contributed by atoms with van der Waals surface area (Å²) in [7, 11) is 1.85. The molecule has 2 aliphatic rings. The Morgan fingerprint density at radius 1 is 1.10 bits per heavy atom. The summed E-state index contributed by atoms with van der Waals surface area (Å²) >= 11 is 0. The van der Waals surface area contributed by atoms with E-state index < -0.39 is 0 Å². The quantitative estimate of drug-likeness (QED) is 0.361. The van der Waals surface area contributed by atoms with Gasteiger partial charge in [0.2, 0.25) is 5.91 Å². The standard InChI is InChI=1S/C25H41N5O/c1-27-25(30-15-7-10-23(20-30)19-24(26)31)28-13-5-6-14-29-16-11-22(12-17-29)18-21-8-3-2-4-9-21/h2-4,8-9,22-23H,5-7,10-20H2,1H3,(H2,26,31)(H,27,28). The van der Waals surface area contributed by atoms with Crippen LogP contribution in [-0.2, 0) is 11.2 Å². The smallest absolute Gasteiger partial charge is 0.217 e. The number of rotatable bonds is 9. The van der Waals surface area contributed by atoms with E-state index in [4.69, 9.17) is 5.73 Å². The van der Waals surface area contributed by atoms with Crippen LogP contribution in [0.15, 0.2) is 35.3 Å².